The summed E-state index contributed by atoms with van der Waals surface area (Å²) >= 11 is 1.93. The molecule has 1 atom stereocenters. The first-order valence-corrected chi connectivity index (χ1v) is 8.35. The minimum Gasteiger partial charge on any atom is -0.309 e. The molecule has 2 aromatic rings. The van der Waals surface area contributed by atoms with Gasteiger partial charge in [0.05, 0.1) is 0 Å². The molecule has 1 aromatic heterocycles. The van der Waals surface area contributed by atoms with Crippen molar-refractivity contribution in [3.05, 3.63) is 57.3 Å². The van der Waals surface area contributed by atoms with Crippen molar-refractivity contribution in [2.45, 2.75) is 52.6 Å². The molecule has 1 unspecified atom stereocenters. The first-order valence-electron chi connectivity index (χ1n) is 7.54. The SMILES string of the molecule is CCc1ccc(CNC(C)CCc2cccc(C)c2)s1. The highest BCUT2D eigenvalue weighted by atomic mass is 32.1. The number of thiophene rings is 1. The number of rotatable bonds is 7. The van der Waals surface area contributed by atoms with Gasteiger partial charge in [0, 0.05) is 22.3 Å². The third-order valence-corrected chi connectivity index (χ3v) is 4.87. The molecule has 20 heavy (non-hydrogen) atoms. The first-order chi connectivity index (χ1) is 9.67. The average Bonchev–Trinajstić information content (AvgIpc) is 2.91. The average molecular weight is 287 g/mol. The maximum absolute atomic E-state index is 3.63. The number of nitrogens with one attached hydrogen (secondary N) is 1. The third-order valence-electron chi connectivity index (χ3n) is 3.64. The fourth-order valence-electron chi connectivity index (χ4n) is 2.34. The molecule has 1 aromatic carbocycles. The van der Waals surface area contributed by atoms with Crippen molar-refractivity contribution in [2.75, 3.05) is 0 Å². The third kappa shape index (κ3) is 4.77. The van der Waals surface area contributed by atoms with E-state index in [2.05, 4.69) is 62.5 Å². The molecule has 1 N–H and O–H groups in total. The van der Waals surface area contributed by atoms with Gasteiger partial charge in [-0.1, -0.05) is 36.8 Å². The summed E-state index contributed by atoms with van der Waals surface area (Å²) in [5, 5.41) is 3.63. The Labute approximate surface area is 127 Å². The van der Waals surface area contributed by atoms with Crippen LogP contribution in [0.15, 0.2) is 36.4 Å². The Morgan fingerprint density at radius 3 is 2.65 bits per heavy atom. The van der Waals surface area contributed by atoms with Crippen LogP contribution in [0, 0.1) is 6.92 Å². The normalized spacial score (nSPS) is 12.6. The van der Waals surface area contributed by atoms with Crippen molar-refractivity contribution in [3.63, 3.8) is 0 Å². The Kier molecular flexibility index (Phi) is 5.81. The summed E-state index contributed by atoms with van der Waals surface area (Å²) in [4.78, 5) is 2.93. The van der Waals surface area contributed by atoms with Gasteiger partial charge in [-0.3, -0.25) is 0 Å². The van der Waals surface area contributed by atoms with Crippen LogP contribution >= 0.6 is 11.3 Å². The highest BCUT2D eigenvalue weighted by Crippen LogP contribution is 2.17. The van der Waals surface area contributed by atoms with Crippen LogP contribution in [0.2, 0.25) is 0 Å². The van der Waals surface area contributed by atoms with Crippen molar-refractivity contribution in [1.29, 1.82) is 0 Å². The lowest BCUT2D eigenvalue weighted by molar-refractivity contribution is 0.516. The van der Waals surface area contributed by atoms with Crippen LogP contribution in [-0.2, 0) is 19.4 Å². The Hall–Kier alpha value is -1.12. The molecule has 1 heterocycles. The van der Waals surface area contributed by atoms with E-state index in [1.807, 2.05) is 11.3 Å². The van der Waals surface area contributed by atoms with Gasteiger partial charge in [-0.05, 0) is 50.8 Å². The highest BCUT2D eigenvalue weighted by Gasteiger charge is 2.04. The summed E-state index contributed by atoms with van der Waals surface area (Å²) < 4.78 is 0. The molecule has 0 aliphatic carbocycles. The summed E-state index contributed by atoms with van der Waals surface area (Å²) in [6.45, 7) is 7.66. The van der Waals surface area contributed by atoms with Gasteiger partial charge >= 0.3 is 0 Å². The van der Waals surface area contributed by atoms with Crippen molar-refractivity contribution in [1.82, 2.24) is 5.32 Å². The Balaban J connectivity index is 1.73. The molecule has 0 spiro atoms. The van der Waals surface area contributed by atoms with Crippen molar-refractivity contribution in [3.8, 4) is 0 Å². The molecule has 0 radical (unpaired) electrons. The summed E-state index contributed by atoms with van der Waals surface area (Å²) in [6, 6.07) is 13.9. The highest BCUT2D eigenvalue weighted by molar-refractivity contribution is 7.11. The van der Waals surface area contributed by atoms with Gasteiger partial charge in [-0.25, -0.2) is 0 Å². The minimum atomic E-state index is 0.558. The zero-order valence-corrected chi connectivity index (χ0v) is 13.6. The largest absolute Gasteiger partial charge is 0.309 e. The Morgan fingerprint density at radius 1 is 1.15 bits per heavy atom. The molecular formula is C18H25NS. The molecule has 0 bridgehead atoms. The molecule has 0 aliphatic rings. The van der Waals surface area contributed by atoms with E-state index < -0.39 is 0 Å². The lowest BCUT2D eigenvalue weighted by atomic mass is 10.0. The van der Waals surface area contributed by atoms with Crippen LogP contribution in [0.3, 0.4) is 0 Å². The monoisotopic (exact) mass is 287 g/mol. The van der Waals surface area contributed by atoms with Crippen LogP contribution in [-0.4, -0.2) is 6.04 Å². The van der Waals surface area contributed by atoms with Crippen LogP contribution < -0.4 is 5.32 Å². The molecule has 0 amide bonds. The van der Waals surface area contributed by atoms with Gasteiger partial charge in [0.25, 0.3) is 0 Å². The summed E-state index contributed by atoms with van der Waals surface area (Å²) in [6.07, 6.45) is 3.49. The molecule has 108 valence electrons. The maximum atomic E-state index is 3.63. The Morgan fingerprint density at radius 2 is 1.95 bits per heavy atom. The molecule has 0 saturated carbocycles. The lowest BCUT2D eigenvalue weighted by Crippen LogP contribution is -2.25. The molecule has 2 heteroatoms. The molecule has 0 saturated heterocycles. The molecule has 0 aliphatic heterocycles. The number of hydrogen-bond acceptors (Lipinski definition) is 2. The molecule has 1 nitrogen and oxygen atoms in total. The van der Waals surface area contributed by atoms with Crippen LogP contribution in [0.4, 0.5) is 0 Å². The van der Waals surface area contributed by atoms with Crippen LogP contribution in [0.25, 0.3) is 0 Å². The van der Waals surface area contributed by atoms with E-state index in [1.54, 1.807) is 0 Å². The van der Waals surface area contributed by atoms with Crippen LogP contribution in [0.5, 0.6) is 0 Å². The van der Waals surface area contributed by atoms with E-state index in [1.165, 1.54) is 27.3 Å². The second-order valence-corrected chi connectivity index (χ2v) is 6.78. The van der Waals surface area contributed by atoms with E-state index in [9.17, 15) is 0 Å². The van der Waals surface area contributed by atoms with Gasteiger partial charge in [0.2, 0.25) is 0 Å². The molecule has 2 rings (SSSR count). The van der Waals surface area contributed by atoms with E-state index >= 15 is 0 Å². The lowest BCUT2D eigenvalue weighted by Gasteiger charge is -2.13. The zero-order valence-electron chi connectivity index (χ0n) is 12.8. The van der Waals surface area contributed by atoms with E-state index in [0.717, 1.165) is 19.4 Å². The standard InChI is InChI=1S/C18H25NS/c1-4-17-10-11-18(20-17)13-19-15(3)8-9-16-7-5-6-14(2)12-16/h5-7,10-12,15,19H,4,8-9,13H2,1-3H3. The first kappa shape index (κ1) is 15.3. The summed E-state index contributed by atoms with van der Waals surface area (Å²) in [5.41, 5.74) is 2.80. The maximum Gasteiger partial charge on any atom is 0.0302 e. The van der Waals surface area contributed by atoms with Gasteiger partial charge in [-0.2, -0.15) is 0 Å². The quantitative estimate of drug-likeness (QED) is 0.776. The van der Waals surface area contributed by atoms with Gasteiger partial charge < -0.3 is 5.32 Å². The molecular weight excluding hydrogens is 262 g/mol. The second-order valence-electron chi connectivity index (χ2n) is 5.53. The number of benzene rings is 1. The van der Waals surface area contributed by atoms with Crippen molar-refractivity contribution >= 4 is 11.3 Å². The predicted molar refractivity (Wildman–Crippen MR) is 89.5 cm³/mol. The zero-order chi connectivity index (χ0) is 14.4. The van der Waals surface area contributed by atoms with Crippen LogP contribution in [0.1, 0.15) is 41.1 Å². The smallest absolute Gasteiger partial charge is 0.0302 e. The van der Waals surface area contributed by atoms with E-state index in [4.69, 9.17) is 0 Å². The van der Waals surface area contributed by atoms with E-state index in [0.29, 0.717) is 6.04 Å². The van der Waals surface area contributed by atoms with Gasteiger partial charge in [0.15, 0.2) is 0 Å². The fourth-order valence-corrected chi connectivity index (χ4v) is 3.24. The Bertz CT molecular complexity index is 530. The van der Waals surface area contributed by atoms with Crippen molar-refractivity contribution < 1.29 is 0 Å². The summed E-state index contributed by atoms with van der Waals surface area (Å²) in [5.74, 6) is 0. The summed E-state index contributed by atoms with van der Waals surface area (Å²) in [7, 11) is 0. The fraction of sp³-hybridized carbons (Fsp3) is 0.444. The van der Waals surface area contributed by atoms with Gasteiger partial charge in [-0.15, -0.1) is 11.3 Å². The molecule has 0 fully saturated rings. The topological polar surface area (TPSA) is 12.0 Å². The van der Waals surface area contributed by atoms with Crippen molar-refractivity contribution in [2.24, 2.45) is 0 Å². The van der Waals surface area contributed by atoms with E-state index in [-0.39, 0.29) is 0 Å². The second kappa shape index (κ2) is 7.61. The minimum absolute atomic E-state index is 0.558. The number of hydrogen-bond donors (Lipinski definition) is 1. The van der Waals surface area contributed by atoms with Gasteiger partial charge in [0.1, 0.15) is 0 Å². The number of aryl methyl sites for hydroxylation is 3. The predicted octanol–water partition coefficient (Wildman–Crippen LogP) is 4.73.